The van der Waals surface area contributed by atoms with Gasteiger partial charge in [0.05, 0.1) is 19.4 Å². The second-order valence-corrected chi connectivity index (χ2v) is 5.73. The first-order chi connectivity index (χ1) is 11.8. The van der Waals surface area contributed by atoms with Crippen molar-refractivity contribution in [2.24, 2.45) is 0 Å². The minimum absolute atomic E-state index is 0.0488. The zero-order valence-electron chi connectivity index (χ0n) is 13.1. The molecule has 0 spiro atoms. The number of amides is 1. The molecule has 3 aromatic rings. The summed E-state index contributed by atoms with van der Waals surface area (Å²) in [6, 6.07) is 19.0. The van der Waals surface area contributed by atoms with Gasteiger partial charge >= 0.3 is 0 Å². The van der Waals surface area contributed by atoms with Gasteiger partial charge in [0.15, 0.2) is 0 Å². The van der Waals surface area contributed by atoms with E-state index in [2.05, 4.69) is 0 Å². The van der Waals surface area contributed by atoms with E-state index in [1.807, 2.05) is 60.7 Å². The second-order valence-electron chi connectivity index (χ2n) is 5.73. The van der Waals surface area contributed by atoms with Crippen LogP contribution in [0.3, 0.4) is 0 Å². The van der Waals surface area contributed by atoms with Crippen LogP contribution in [0.2, 0.25) is 0 Å². The molecule has 24 heavy (non-hydrogen) atoms. The Hall–Kier alpha value is -3.01. The first-order valence-corrected chi connectivity index (χ1v) is 7.96. The van der Waals surface area contributed by atoms with Gasteiger partial charge < -0.3 is 14.1 Å². The highest BCUT2D eigenvalue weighted by Gasteiger charge is 2.21. The lowest BCUT2D eigenvalue weighted by Crippen LogP contribution is -2.30. The summed E-state index contributed by atoms with van der Waals surface area (Å²) in [5.41, 5.74) is 2.59. The molecule has 0 saturated carbocycles. The molecule has 120 valence electrons. The fraction of sp³-hybridized carbons (Fsp3) is 0.150. The maximum Gasteiger partial charge on any atom is 0.258 e. The van der Waals surface area contributed by atoms with Gasteiger partial charge in [-0.05, 0) is 48.0 Å². The van der Waals surface area contributed by atoms with Gasteiger partial charge in [-0.3, -0.25) is 4.79 Å². The van der Waals surface area contributed by atoms with Crippen molar-refractivity contribution in [1.29, 1.82) is 0 Å². The molecule has 4 nitrogen and oxygen atoms in total. The molecule has 0 bridgehead atoms. The lowest BCUT2D eigenvalue weighted by molar-refractivity contribution is 0.0983. The summed E-state index contributed by atoms with van der Waals surface area (Å²) in [6.45, 7) is 1.07. The van der Waals surface area contributed by atoms with Crippen LogP contribution in [-0.4, -0.2) is 12.5 Å². The van der Waals surface area contributed by atoms with Crippen LogP contribution < -0.4 is 9.64 Å². The van der Waals surface area contributed by atoms with Crippen LogP contribution >= 0.6 is 0 Å². The average Bonchev–Trinajstić information content (AvgIpc) is 3.30. The number of ether oxygens (including phenoxy) is 1. The van der Waals surface area contributed by atoms with Crippen molar-refractivity contribution < 1.29 is 13.9 Å². The minimum atomic E-state index is -0.0488. The van der Waals surface area contributed by atoms with E-state index in [4.69, 9.17) is 9.15 Å². The van der Waals surface area contributed by atoms with Crippen molar-refractivity contribution >= 4 is 11.6 Å². The summed E-state index contributed by atoms with van der Waals surface area (Å²) >= 11 is 0. The largest absolute Gasteiger partial charge is 0.493 e. The summed E-state index contributed by atoms with van der Waals surface area (Å²) in [5.74, 6) is 1.58. The van der Waals surface area contributed by atoms with Crippen molar-refractivity contribution in [1.82, 2.24) is 0 Å². The molecular weight excluding hydrogens is 302 g/mol. The summed E-state index contributed by atoms with van der Waals surface area (Å²) in [5, 5.41) is 0. The number of nitrogens with zero attached hydrogens (tertiary/aromatic N) is 1. The van der Waals surface area contributed by atoms with Gasteiger partial charge in [-0.1, -0.05) is 18.2 Å². The van der Waals surface area contributed by atoms with Gasteiger partial charge in [0.1, 0.15) is 11.5 Å². The molecule has 4 heteroatoms. The number of benzene rings is 2. The maximum absolute atomic E-state index is 13.1. The highest BCUT2D eigenvalue weighted by Crippen LogP contribution is 2.27. The molecule has 0 atom stereocenters. The second kappa shape index (κ2) is 6.24. The quantitative estimate of drug-likeness (QED) is 0.728. The highest BCUT2D eigenvalue weighted by molar-refractivity contribution is 6.06. The Balaban J connectivity index is 1.68. The molecule has 1 aromatic heterocycles. The third-order valence-corrected chi connectivity index (χ3v) is 4.14. The monoisotopic (exact) mass is 319 g/mol. The van der Waals surface area contributed by atoms with Crippen molar-refractivity contribution in [3.8, 4) is 5.75 Å². The molecule has 0 unspecified atom stereocenters. The van der Waals surface area contributed by atoms with Crippen LogP contribution in [0.5, 0.6) is 5.75 Å². The van der Waals surface area contributed by atoms with Gasteiger partial charge in [-0.2, -0.15) is 0 Å². The zero-order valence-corrected chi connectivity index (χ0v) is 13.1. The summed E-state index contributed by atoms with van der Waals surface area (Å²) in [7, 11) is 0. The molecule has 1 amide bonds. The molecule has 0 fully saturated rings. The molecule has 2 heterocycles. The number of furan rings is 1. The standard InChI is InChI=1S/C20H17NO3/c22-20(16-8-9-19-15(13-16)10-12-24-19)21(14-18-7-4-11-23-18)17-5-2-1-3-6-17/h1-9,11,13H,10,12,14H2. The van der Waals surface area contributed by atoms with Crippen molar-refractivity contribution in [2.75, 3.05) is 11.5 Å². The number of fused-ring (bicyclic) bond motifs is 1. The van der Waals surface area contributed by atoms with Crippen LogP contribution in [0.1, 0.15) is 21.7 Å². The molecule has 0 N–H and O–H groups in total. The van der Waals surface area contributed by atoms with Crippen LogP contribution in [-0.2, 0) is 13.0 Å². The lowest BCUT2D eigenvalue weighted by atomic mass is 10.1. The Morgan fingerprint density at radius 2 is 1.92 bits per heavy atom. The van der Waals surface area contributed by atoms with Gasteiger partial charge in [0.25, 0.3) is 5.91 Å². The third-order valence-electron chi connectivity index (χ3n) is 4.14. The van der Waals surface area contributed by atoms with E-state index in [0.717, 1.165) is 29.2 Å². The van der Waals surface area contributed by atoms with Gasteiger partial charge in [0.2, 0.25) is 0 Å². The average molecular weight is 319 g/mol. The first-order valence-electron chi connectivity index (χ1n) is 7.96. The van der Waals surface area contributed by atoms with Crippen molar-refractivity contribution in [2.45, 2.75) is 13.0 Å². The Kier molecular flexibility index (Phi) is 3.79. The number of para-hydroxylation sites is 1. The van der Waals surface area contributed by atoms with E-state index in [0.29, 0.717) is 18.7 Å². The lowest BCUT2D eigenvalue weighted by Gasteiger charge is -2.22. The van der Waals surface area contributed by atoms with E-state index in [-0.39, 0.29) is 5.91 Å². The molecule has 1 aliphatic rings. The molecule has 2 aromatic carbocycles. The van der Waals surface area contributed by atoms with E-state index in [1.165, 1.54) is 0 Å². The molecule has 1 aliphatic heterocycles. The van der Waals surface area contributed by atoms with E-state index >= 15 is 0 Å². The summed E-state index contributed by atoms with van der Waals surface area (Å²) in [4.78, 5) is 14.8. The predicted molar refractivity (Wildman–Crippen MR) is 91.3 cm³/mol. The van der Waals surface area contributed by atoms with Gasteiger partial charge in [-0.15, -0.1) is 0 Å². The number of carbonyl (C=O) groups excluding carboxylic acids is 1. The van der Waals surface area contributed by atoms with Crippen LogP contribution in [0, 0.1) is 0 Å². The fourth-order valence-corrected chi connectivity index (χ4v) is 2.92. The van der Waals surface area contributed by atoms with Gasteiger partial charge in [0, 0.05) is 17.7 Å². The molecule has 0 saturated heterocycles. The Morgan fingerprint density at radius 3 is 2.71 bits per heavy atom. The number of rotatable bonds is 4. The Morgan fingerprint density at radius 1 is 1.04 bits per heavy atom. The van der Waals surface area contributed by atoms with Crippen LogP contribution in [0.15, 0.2) is 71.3 Å². The number of hydrogen-bond acceptors (Lipinski definition) is 3. The maximum atomic E-state index is 13.1. The molecule has 4 rings (SSSR count). The SMILES string of the molecule is O=C(c1ccc2c(c1)CCO2)N(Cc1ccco1)c1ccccc1. The van der Waals surface area contributed by atoms with E-state index < -0.39 is 0 Å². The summed E-state index contributed by atoms with van der Waals surface area (Å²) < 4.78 is 11.0. The number of carbonyl (C=O) groups is 1. The number of anilines is 1. The first kappa shape index (κ1) is 14.6. The third kappa shape index (κ3) is 2.78. The predicted octanol–water partition coefficient (Wildman–Crippen LogP) is 4.06. The minimum Gasteiger partial charge on any atom is -0.493 e. The molecule has 0 aliphatic carbocycles. The van der Waals surface area contributed by atoms with E-state index in [9.17, 15) is 4.79 Å². The highest BCUT2D eigenvalue weighted by atomic mass is 16.5. The topological polar surface area (TPSA) is 42.7 Å². The van der Waals surface area contributed by atoms with E-state index in [1.54, 1.807) is 11.2 Å². The smallest absolute Gasteiger partial charge is 0.258 e. The van der Waals surface area contributed by atoms with Crippen molar-refractivity contribution in [3.63, 3.8) is 0 Å². The Bertz CT molecular complexity index is 841. The molecule has 0 radical (unpaired) electrons. The number of hydrogen-bond donors (Lipinski definition) is 0. The fourth-order valence-electron chi connectivity index (χ4n) is 2.92. The van der Waals surface area contributed by atoms with Crippen LogP contribution in [0.25, 0.3) is 0 Å². The molecular formula is C20H17NO3. The zero-order chi connectivity index (χ0) is 16.4. The van der Waals surface area contributed by atoms with Gasteiger partial charge in [-0.25, -0.2) is 0 Å². The normalized spacial score (nSPS) is 12.5. The Labute approximate surface area is 140 Å². The van der Waals surface area contributed by atoms with Crippen molar-refractivity contribution in [3.05, 3.63) is 83.8 Å². The summed E-state index contributed by atoms with van der Waals surface area (Å²) in [6.07, 6.45) is 2.47. The van der Waals surface area contributed by atoms with Crippen LogP contribution in [0.4, 0.5) is 5.69 Å².